The first-order valence-electron chi connectivity index (χ1n) is 6.40. The van der Waals surface area contributed by atoms with Gasteiger partial charge in [0.15, 0.2) is 5.66 Å². The van der Waals surface area contributed by atoms with Gasteiger partial charge < -0.3 is 10.4 Å². The summed E-state index contributed by atoms with van der Waals surface area (Å²) >= 11 is 0. The number of carbonyl (C=O) groups is 2. The molecule has 1 amide bonds. The quantitative estimate of drug-likeness (QED) is 0.649. The predicted molar refractivity (Wildman–Crippen MR) is 67.2 cm³/mol. The van der Waals surface area contributed by atoms with E-state index in [0.29, 0.717) is 25.7 Å². The van der Waals surface area contributed by atoms with Crippen molar-refractivity contribution in [1.29, 1.82) is 0 Å². The van der Waals surface area contributed by atoms with Gasteiger partial charge in [0, 0.05) is 25.7 Å². The molecule has 0 unspecified atom stereocenters. The smallest absolute Gasteiger partial charge is 0.305 e. The standard InChI is InChI=1S/C13H17N3O3/c1-2-3-5-13(15-16-13)6-4-10(17)14-12(7-8-12)9-11(18)19/h1H,3-9H2,(H,14,17)(H,18,19). The normalized spacial score (nSPS) is 20.4. The number of carbonyl (C=O) groups excluding carboxylic acids is 1. The number of amides is 1. The number of nitrogens with zero attached hydrogens (tertiary/aromatic N) is 2. The van der Waals surface area contributed by atoms with Crippen LogP contribution in [-0.2, 0) is 9.59 Å². The third-order valence-electron chi connectivity index (χ3n) is 3.55. The second kappa shape index (κ2) is 5.00. The minimum atomic E-state index is -0.879. The zero-order chi connectivity index (χ0) is 13.9. The Bertz CT molecular complexity index is 454. The molecule has 1 fully saturated rings. The largest absolute Gasteiger partial charge is 0.481 e. The average molecular weight is 263 g/mol. The lowest BCUT2D eigenvalue weighted by atomic mass is 10.0. The van der Waals surface area contributed by atoms with E-state index in [4.69, 9.17) is 11.5 Å². The van der Waals surface area contributed by atoms with Crippen molar-refractivity contribution < 1.29 is 14.7 Å². The zero-order valence-corrected chi connectivity index (χ0v) is 10.7. The molecule has 0 spiro atoms. The fraction of sp³-hybridized carbons (Fsp3) is 0.692. The summed E-state index contributed by atoms with van der Waals surface area (Å²) in [6.07, 6.45) is 8.78. The van der Waals surface area contributed by atoms with Crippen LogP contribution in [0.5, 0.6) is 0 Å². The summed E-state index contributed by atoms with van der Waals surface area (Å²) in [5.74, 6) is 1.53. The molecular weight excluding hydrogens is 246 g/mol. The highest BCUT2D eigenvalue weighted by molar-refractivity contribution is 5.79. The molecule has 102 valence electrons. The van der Waals surface area contributed by atoms with Crippen LogP contribution in [0.15, 0.2) is 10.2 Å². The van der Waals surface area contributed by atoms with E-state index >= 15 is 0 Å². The summed E-state index contributed by atoms with van der Waals surface area (Å²) < 4.78 is 0. The molecule has 6 nitrogen and oxygen atoms in total. The average Bonchev–Trinajstić information content (AvgIpc) is 3.23. The van der Waals surface area contributed by atoms with E-state index in [1.165, 1.54) is 0 Å². The highest BCUT2D eigenvalue weighted by atomic mass is 16.4. The number of terminal acetylenes is 1. The maximum absolute atomic E-state index is 11.8. The van der Waals surface area contributed by atoms with E-state index in [1.54, 1.807) is 0 Å². The van der Waals surface area contributed by atoms with Gasteiger partial charge in [-0.05, 0) is 12.8 Å². The molecule has 1 saturated carbocycles. The van der Waals surface area contributed by atoms with E-state index in [1.807, 2.05) is 0 Å². The third kappa shape index (κ3) is 3.78. The summed E-state index contributed by atoms with van der Waals surface area (Å²) in [7, 11) is 0. The Morgan fingerprint density at radius 2 is 2.00 bits per heavy atom. The summed E-state index contributed by atoms with van der Waals surface area (Å²) in [4.78, 5) is 22.5. The molecule has 1 heterocycles. The van der Waals surface area contributed by atoms with Gasteiger partial charge in [-0.1, -0.05) is 0 Å². The number of carboxylic acids is 1. The molecule has 1 aliphatic carbocycles. The first-order chi connectivity index (χ1) is 8.99. The highest BCUT2D eigenvalue weighted by Gasteiger charge is 2.46. The number of nitrogens with one attached hydrogen (secondary N) is 1. The van der Waals surface area contributed by atoms with E-state index in [0.717, 1.165) is 12.8 Å². The van der Waals surface area contributed by atoms with Crippen molar-refractivity contribution >= 4 is 11.9 Å². The molecule has 0 aromatic rings. The number of carboxylic acid groups (broad SMARTS) is 1. The summed E-state index contributed by atoms with van der Waals surface area (Å²) in [6.45, 7) is 0. The molecule has 0 radical (unpaired) electrons. The molecular formula is C13H17N3O3. The van der Waals surface area contributed by atoms with Crippen molar-refractivity contribution in [3.8, 4) is 12.3 Å². The van der Waals surface area contributed by atoms with E-state index < -0.39 is 17.2 Å². The number of aliphatic carboxylic acids is 1. The Kier molecular flexibility index (Phi) is 3.56. The van der Waals surface area contributed by atoms with Crippen molar-refractivity contribution in [2.75, 3.05) is 0 Å². The Balaban J connectivity index is 1.71. The minimum Gasteiger partial charge on any atom is -0.481 e. The fourth-order valence-electron chi connectivity index (χ4n) is 2.13. The molecule has 0 aromatic carbocycles. The van der Waals surface area contributed by atoms with Gasteiger partial charge in [0.1, 0.15) is 0 Å². The Morgan fingerprint density at radius 1 is 1.32 bits per heavy atom. The number of rotatable bonds is 8. The number of hydrogen-bond donors (Lipinski definition) is 2. The van der Waals surface area contributed by atoms with Crippen LogP contribution in [0, 0.1) is 12.3 Å². The summed E-state index contributed by atoms with van der Waals surface area (Å²) in [5.41, 5.74) is -0.958. The van der Waals surface area contributed by atoms with Gasteiger partial charge >= 0.3 is 5.97 Å². The van der Waals surface area contributed by atoms with Crippen molar-refractivity contribution in [2.45, 2.75) is 56.1 Å². The van der Waals surface area contributed by atoms with E-state index in [9.17, 15) is 9.59 Å². The number of hydrogen-bond acceptors (Lipinski definition) is 4. The fourth-order valence-corrected chi connectivity index (χ4v) is 2.13. The van der Waals surface area contributed by atoms with Crippen LogP contribution >= 0.6 is 0 Å². The second-order valence-electron chi connectivity index (χ2n) is 5.29. The second-order valence-corrected chi connectivity index (χ2v) is 5.29. The van der Waals surface area contributed by atoms with E-state index in [-0.39, 0.29) is 12.3 Å². The van der Waals surface area contributed by atoms with Gasteiger partial charge in [0.25, 0.3) is 0 Å². The van der Waals surface area contributed by atoms with Crippen LogP contribution in [0.3, 0.4) is 0 Å². The molecule has 0 aromatic heterocycles. The van der Waals surface area contributed by atoms with Crippen LogP contribution < -0.4 is 5.32 Å². The van der Waals surface area contributed by atoms with Gasteiger partial charge in [-0.25, -0.2) is 0 Å². The summed E-state index contributed by atoms with van der Waals surface area (Å²) in [5, 5.41) is 19.5. The molecule has 1 aliphatic heterocycles. The molecule has 0 bridgehead atoms. The Labute approximate surface area is 111 Å². The first kappa shape index (κ1) is 13.5. The maximum atomic E-state index is 11.8. The maximum Gasteiger partial charge on any atom is 0.305 e. The molecule has 19 heavy (non-hydrogen) atoms. The van der Waals surface area contributed by atoms with Crippen LogP contribution in [0.4, 0.5) is 0 Å². The Morgan fingerprint density at radius 3 is 2.47 bits per heavy atom. The Hall–Kier alpha value is -1.90. The van der Waals surface area contributed by atoms with Gasteiger partial charge in [-0.2, -0.15) is 10.2 Å². The topological polar surface area (TPSA) is 91.1 Å². The highest BCUT2D eigenvalue weighted by Crippen LogP contribution is 2.40. The lowest BCUT2D eigenvalue weighted by molar-refractivity contribution is -0.138. The monoisotopic (exact) mass is 263 g/mol. The molecule has 0 atom stereocenters. The minimum absolute atomic E-state index is 0.00424. The van der Waals surface area contributed by atoms with Crippen molar-refractivity contribution in [1.82, 2.24) is 5.32 Å². The molecule has 6 heteroatoms. The molecule has 2 aliphatic rings. The lowest BCUT2D eigenvalue weighted by Gasteiger charge is -2.16. The third-order valence-corrected chi connectivity index (χ3v) is 3.55. The zero-order valence-electron chi connectivity index (χ0n) is 10.7. The SMILES string of the molecule is C#CCCC1(CCC(=O)NC2(CC(=O)O)CC2)N=N1. The lowest BCUT2D eigenvalue weighted by Crippen LogP contribution is -2.38. The van der Waals surface area contributed by atoms with Crippen LogP contribution in [0.2, 0.25) is 0 Å². The van der Waals surface area contributed by atoms with Crippen molar-refractivity contribution in [3.63, 3.8) is 0 Å². The van der Waals surface area contributed by atoms with Gasteiger partial charge in [0.2, 0.25) is 5.91 Å². The molecule has 2 rings (SSSR count). The van der Waals surface area contributed by atoms with E-state index in [2.05, 4.69) is 21.5 Å². The van der Waals surface area contributed by atoms with Crippen molar-refractivity contribution in [3.05, 3.63) is 0 Å². The molecule has 2 N–H and O–H groups in total. The van der Waals surface area contributed by atoms with Crippen LogP contribution in [0.25, 0.3) is 0 Å². The van der Waals surface area contributed by atoms with Crippen LogP contribution in [-0.4, -0.2) is 28.2 Å². The predicted octanol–water partition coefficient (Wildman–Crippen LogP) is 1.47. The van der Waals surface area contributed by atoms with Gasteiger partial charge in [-0.3, -0.25) is 9.59 Å². The van der Waals surface area contributed by atoms with Crippen molar-refractivity contribution in [2.24, 2.45) is 10.2 Å². The van der Waals surface area contributed by atoms with Gasteiger partial charge in [0.05, 0.1) is 12.0 Å². The molecule has 0 saturated heterocycles. The first-order valence-corrected chi connectivity index (χ1v) is 6.40. The van der Waals surface area contributed by atoms with Gasteiger partial charge in [-0.15, -0.1) is 12.3 Å². The van der Waals surface area contributed by atoms with Crippen LogP contribution in [0.1, 0.15) is 44.9 Å². The summed E-state index contributed by atoms with van der Waals surface area (Å²) in [6, 6.07) is 0.